The average Bonchev–Trinajstić information content (AvgIpc) is 2.48. The second-order valence-electron chi connectivity index (χ2n) is 2.61. The SMILES string of the molecule is Oc1ccc2nncc-2n1C(F)(F)F. The van der Waals surface area contributed by atoms with Gasteiger partial charge in [-0.2, -0.15) is 5.10 Å². The molecule has 0 aliphatic carbocycles. The number of pyridine rings is 1. The van der Waals surface area contributed by atoms with Crippen molar-refractivity contribution in [1.82, 2.24) is 14.8 Å². The molecule has 0 saturated heterocycles. The molecule has 7 heteroatoms. The fourth-order valence-electron chi connectivity index (χ4n) is 1.17. The van der Waals surface area contributed by atoms with E-state index in [9.17, 15) is 13.2 Å². The van der Waals surface area contributed by atoms with Crippen molar-refractivity contribution in [2.75, 3.05) is 0 Å². The molecule has 0 bridgehead atoms. The summed E-state index contributed by atoms with van der Waals surface area (Å²) in [7, 11) is 0. The van der Waals surface area contributed by atoms with E-state index in [1.54, 1.807) is 0 Å². The quantitative estimate of drug-likeness (QED) is 0.706. The van der Waals surface area contributed by atoms with Gasteiger partial charge in [-0.15, -0.1) is 18.3 Å². The van der Waals surface area contributed by atoms with Gasteiger partial charge in [-0.3, -0.25) is 0 Å². The Labute approximate surface area is 76.0 Å². The molecule has 0 aromatic rings. The molecule has 74 valence electrons. The topological polar surface area (TPSA) is 50.9 Å². The fourth-order valence-corrected chi connectivity index (χ4v) is 1.17. The molecular formula is C7H4F3N3O. The van der Waals surface area contributed by atoms with Gasteiger partial charge in [0.05, 0.1) is 6.20 Å². The van der Waals surface area contributed by atoms with Crippen molar-refractivity contribution < 1.29 is 18.3 Å². The zero-order valence-electron chi connectivity index (χ0n) is 6.65. The summed E-state index contributed by atoms with van der Waals surface area (Å²) < 4.78 is 37.0. The Hall–Kier alpha value is -1.79. The molecule has 0 saturated carbocycles. The van der Waals surface area contributed by atoms with Gasteiger partial charge in [-0.1, -0.05) is 0 Å². The van der Waals surface area contributed by atoms with Gasteiger partial charge in [0, 0.05) is 6.07 Å². The van der Waals surface area contributed by atoms with Gasteiger partial charge in [0.25, 0.3) is 0 Å². The maximum Gasteiger partial charge on any atom is 0.491 e. The average molecular weight is 203 g/mol. The minimum atomic E-state index is -4.68. The van der Waals surface area contributed by atoms with Crippen LogP contribution in [0.3, 0.4) is 0 Å². The van der Waals surface area contributed by atoms with E-state index in [-0.39, 0.29) is 16.0 Å². The van der Waals surface area contributed by atoms with E-state index in [1.807, 2.05) is 0 Å². The van der Waals surface area contributed by atoms with Gasteiger partial charge in [-0.25, -0.2) is 4.57 Å². The van der Waals surface area contributed by atoms with Crippen LogP contribution < -0.4 is 0 Å². The summed E-state index contributed by atoms with van der Waals surface area (Å²) in [6.07, 6.45) is -3.73. The fraction of sp³-hybridized carbons (Fsp3) is 0.143. The second-order valence-corrected chi connectivity index (χ2v) is 2.61. The van der Waals surface area contributed by atoms with Crippen molar-refractivity contribution in [3.05, 3.63) is 18.3 Å². The number of hydrogen-bond acceptors (Lipinski definition) is 3. The Morgan fingerprint density at radius 3 is 2.64 bits per heavy atom. The molecule has 2 heterocycles. The van der Waals surface area contributed by atoms with Crippen LogP contribution in [0, 0.1) is 0 Å². The summed E-state index contributed by atoms with van der Waals surface area (Å²) in [4.78, 5) is 0. The Morgan fingerprint density at radius 2 is 2.00 bits per heavy atom. The monoisotopic (exact) mass is 203 g/mol. The van der Waals surface area contributed by atoms with Gasteiger partial charge in [0.1, 0.15) is 11.4 Å². The maximum atomic E-state index is 12.4. The lowest BCUT2D eigenvalue weighted by Gasteiger charge is -2.15. The Morgan fingerprint density at radius 1 is 1.29 bits per heavy atom. The Kier molecular flexibility index (Phi) is 1.63. The molecule has 0 fully saturated rings. The van der Waals surface area contributed by atoms with Crippen LogP contribution >= 0.6 is 0 Å². The summed E-state index contributed by atoms with van der Waals surface area (Å²) >= 11 is 0. The number of halogens is 3. The molecule has 0 radical (unpaired) electrons. The minimum absolute atomic E-state index is 0.0834. The molecule has 0 spiro atoms. The van der Waals surface area contributed by atoms with Gasteiger partial charge >= 0.3 is 6.30 Å². The molecule has 0 unspecified atom stereocenters. The van der Waals surface area contributed by atoms with E-state index in [2.05, 4.69) is 10.2 Å². The third-order valence-electron chi connectivity index (χ3n) is 1.72. The highest BCUT2D eigenvalue weighted by Gasteiger charge is 2.36. The highest BCUT2D eigenvalue weighted by atomic mass is 19.4. The lowest BCUT2D eigenvalue weighted by Crippen LogP contribution is -2.19. The van der Waals surface area contributed by atoms with Crippen LogP contribution in [0.2, 0.25) is 0 Å². The molecule has 4 nitrogen and oxygen atoms in total. The molecule has 2 aliphatic rings. The van der Waals surface area contributed by atoms with Crippen LogP contribution in [-0.2, 0) is 6.30 Å². The van der Waals surface area contributed by atoms with Crippen molar-refractivity contribution in [3.63, 3.8) is 0 Å². The van der Waals surface area contributed by atoms with E-state index in [0.29, 0.717) is 0 Å². The van der Waals surface area contributed by atoms with Crippen LogP contribution in [0.5, 0.6) is 5.88 Å². The van der Waals surface area contributed by atoms with Crippen LogP contribution in [0.1, 0.15) is 0 Å². The van der Waals surface area contributed by atoms with Gasteiger partial charge in [-0.05, 0) is 6.07 Å². The number of hydrogen-bond donors (Lipinski definition) is 1. The van der Waals surface area contributed by atoms with E-state index < -0.39 is 12.2 Å². The number of fused-ring (bicyclic) bond motifs is 1. The molecule has 0 aromatic carbocycles. The molecule has 0 amide bonds. The molecule has 14 heavy (non-hydrogen) atoms. The highest BCUT2D eigenvalue weighted by Crippen LogP contribution is 2.34. The molecule has 2 rings (SSSR count). The number of rotatable bonds is 0. The maximum absolute atomic E-state index is 12.4. The molecule has 0 aromatic heterocycles. The normalized spacial score (nSPS) is 12.2. The molecule has 0 atom stereocenters. The van der Waals surface area contributed by atoms with E-state index in [0.717, 1.165) is 12.3 Å². The predicted molar refractivity (Wildman–Crippen MR) is 39.6 cm³/mol. The Balaban J connectivity index is 2.75. The molecule has 1 N–H and O–H groups in total. The van der Waals surface area contributed by atoms with E-state index in [4.69, 9.17) is 5.11 Å². The first-order valence-electron chi connectivity index (χ1n) is 3.59. The molecular weight excluding hydrogens is 199 g/mol. The number of aromatic nitrogens is 3. The van der Waals surface area contributed by atoms with Crippen LogP contribution in [-0.4, -0.2) is 19.9 Å². The predicted octanol–water partition coefficient (Wildman–Crippen LogP) is 1.56. The summed E-state index contributed by atoms with van der Waals surface area (Å²) in [5.74, 6) is -0.889. The summed E-state index contributed by atoms with van der Waals surface area (Å²) in [5.41, 5.74) is -0.183. The third-order valence-corrected chi connectivity index (χ3v) is 1.72. The van der Waals surface area contributed by atoms with Gasteiger partial charge < -0.3 is 5.11 Å². The van der Waals surface area contributed by atoms with Crippen LogP contribution in [0.15, 0.2) is 18.3 Å². The van der Waals surface area contributed by atoms with Gasteiger partial charge in [0.15, 0.2) is 5.88 Å². The Bertz CT molecular complexity index is 437. The van der Waals surface area contributed by atoms with Crippen molar-refractivity contribution in [2.45, 2.75) is 6.30 Å². The van der Waals surface area contributed by atoms with E-state index in [1.165, 1.54) is 6.07 Å². The first-order chi connectivity index (χ1) is 6.50. The first-order valence-corrected chi connectivity index (χ1v) is 3.59. The summed E-state index contributed by atoms with van der Waals surface area (Å²) in [6.45, 7) is 0. The largest absolute Gasteiger partial charge is 0.494 e. The van der Waals surface area contributed by atoms with E-state index >= 15 is 0 Å². The highest BCUT2D eigenvalue weighted by molar-refractivity contribution is 5.56. The third kappa shape index (κ3) is 1.17. The van der Waals surface area contributed by atoms with Crippen molar-refractivity contribution >= 4 is 0 Å². The van der Waals surface area contributed by atoms with Crippen LogP contribution in [0.4, 0.5) is 13.2 Å². The zero-order chi connectivity index (χ0) is 10.3. The first kappa shape index (κ1) is 8.79. The smallest absolute Gasteiger partial charge is 0.491 e. The summed E-state index contributed by atoms with van der Waals surface area (Å²) in [6, 6.07) is 2.18. The molecule has 2 aliphatic heterocycles. The summed E-state index contributed by atoms with van der Waals surface area (Å²) in [5, 5.41) is 15.8. The van der Waals surface area contributed by atoms with Crippen molar-refractivity contribution in [2.24, 2.45) is 0 Å². The lowest BCUT2D eigenvalue weighted by atomic mass is 10.3. The van der Waals surface area contributed by atoms with Crippen molar-refractivity contribution in [1.29, 1.82) is 0 Å². The number of alkyl halides is 3. The zero-order valence-corrected chi connectivity index (χ0v) is 6.65. The second kappa shape index (κ2) is 2.60. The standard InChI is InChI=1S/C7H4F3N3O/c8-7(9,10)13-5-3-11-12-4(5)1-2-6(13)14/h1-3,14H. The van der Waals surface area contributed by atoms with Crippen LogP contribution in [0.25, 0.3) is 11.4 Å². The van der Waals surface area contributed by atoms with Gasteiger partial charge in [0.2, 0.25) is 0 Å². The number of nitrogens with zero attached hydrogens (tertiary/aromatic N) is 3. The lowest BCUT2D eigenvalue weighted by molar-refractivity contribution is -0.205. The number of aromatic hydroxyl groups is 1. The van der Waals surface area contributed by atoms with Crippen molar-refractivity contribution in [3.8, 4) is 17.3 Å². The minimum Gasteiger partial charge on any atom is -0.494 e.